The summed E-state index contributed by atoms with van der Waals surface area (Å²) < 4.78 is 5.49. The third kappa shape index (κ3) is 3.73. The zero-order valence-corrected chi connectivity index (χ0v) is 15.8. The lowest BCUT2D eigenvalue weighted by Crippen LogP contribution is -2.21. The molecule has 3 aromatic rings. The third-order valence-electron chi connectivity index (χ3n) is 4.41. The number of amides is 1. The molecule has 0 aliphatic carbocycles. The van der Waals surface area contributed by atoms with Gasteiger partial charge in [0.25, 0.3) is 5.91 Å². The number of hydrogen-bond donors (Lipinski definition) is 2. The highest BCUT2D eigenvalue weighted by atomic mass is 16.5. The Labute approximate surface area is 163 Å². The molecule has 2 aromatic heterocycles. The first-order chi connectivity index (χ1) is 13.6. The van der Waals surface area contributed by atoms with Crippen LogP contribution in [-0.4, -0.2) is 48.0 Å². The van der Waals surface area contributed by atoms with Crippen molar-refractivity contribution < 1.29 is 9.53 Å². The Morgan fingerprint density at radius 3 is 2.57 bits per heavy atom. The van der Waals surface area contributed by atoms with Crippen LogP contribution in [0.4, 0.5) is 17.2 Å². The van der Waals surface area contributed by atoms with Crippen LogP contribution in [0.1, 0.15) is 10.4 Å². The SMILES string of the molecule is CN(C)C(=O)c1ccc(-c2ccc(Nc3cnc4c(c3)NCCO4)nc2)cc1. The molecule has 1 aliphatic rings. The van der Waals surface area contributed by atoms with Crippen molar-refractivity contribution in [3.63, 3.8) is 0 Å². The Balaban J connectivity index is 1.47. The Hall–Kier alpha value is -3.61. The normalized spacial score (nSPS) is 12.4. The summed E-state index contributed by atoms with van der Waals surface area (Å²) in [6, 6.07) is 13.4. The fraction of sp³-hybridized carbons (Fsp3) is 0.190. The maximum Gasteiger partial charge on any atom is 0.253 e. The fourth-order valence-corrected chi connectivity index (χ4v) is 2.95. The van der Waals surface area contributed by atoms with Crippen LogP contribution in [-0.2, 0) is 0 Å². The second-order valence-corrected chi connectivity index (χ2v) is 6.69. The van der Waals surface area contributed by atoms with Gasteiger partial charge < -0.3 is 20.3 Å². The standard InChI is InChI=1S/C21H21N5O2/c1-26(2)21(27)15-5-3-14(4-6-15)16-7-8-19(23-12-16)25-17-11-18-20(24-13-17)28-10-9-22-18/h3-8,11-13,22H,9-10H2,1-2H3,(H,23,25). The van der Waals surface area contributed by atoms with Gasteiger partial charge in [-0.05, 0) is 35.9 Å². The van der Waals surface area contributed by atoms with Crippen LogP contribution in [0.2, 0.25) is 0 Å². The first kappa shape index (κ1) is 17.8. The van der Waals surface area contributed by atoms with Gasteiger partial charge in [0.1, 0.15) is 12.4 Å². The van der Waals surface area contributed by atoms with E-state index in [1.54, 1.807) is 31.4 Å². The molecule has 28 heavy (non-hydrogen) atoms. The summed E-state index contributed by atoms with van der Waals surface area (Å²) in [5, 5.41) is 6.51. The summed E-state index contributed by atoms with van der Waals surface area (Å²) in [5.41, 5.74) is 4.36. The van der Waals surface area contributed by atoms with E-state index in [0.29, 0.717) is 18.1 Å². The molecule has 0 saturated heterocycles. The summed E-state index contributed by atoms with van der Waals surface area (Å²) in [4.78, 5) is 22.3. The molecule has 7 heteroatoms. The van der Waals surface area contributed by atoms with Gasteiger partial charge in [0.05, 0.1) is 17.6 Å². The highest BCUT2D eigenvalue weighted by molar-refractivity contribution is 5.94. The number of anilines is 3. The minimum Gasteiger partial charge on any atom is -0.474 e. The van der Waals surface area contributed by atoms with Crippen molar-refractivity contribution in [2.45, 2.75) is 0 Å². The number of ether oxygens (including phenoxy) is 1. The molecular formula is C21H21N5O2. The third-order valence-corrected chi connectivity index (χ3v) is 4.41. The number of hydrogen-bond acceptors (Lipinski definition) is 6. The lowest BCUT2D eigenvalue weighted by atomic mass is 10.1. The van der Waals surface area contributed by atoms with Crippen LogP contribution < -0.4 is 15.4 Å². The van der Waals surface area contributed by atoms with Crippen LogP contribution in [0.5, 0.6) is 5.88 Å². The summed E-state index contributed by atoms with van der Waals surface area (Å²) in [7, 11) is 3.49. The van der Waals surface area contributed by atoms with Gasteiger partial charge in [-0.15, -0.1) is 0 Å². The topological polar surface area (TPSA) is 79.4 Å². The predicted octanol–water partition coefficient (Wildman–Crippen LogP) is 3.39. The number of carbonyl (C=O) groups excluding carboxylic acids is 1. The van der Waals surface area contributed by atoms with Gasteiger partial charge in [0, 0.05) is 38.0 Å². The Morgan fingerprint density at radius 1 is 1.07 bits per heavy atom. The Bertz CT molecular complexity index is 985. The van der Waals surface area contributed by atoms with Gasteiger partial charge in [-0.2, -0.15) is 0 Å². The Kier molecular flexibility index (Phi) is 4.80. The molecule has 0 radical (unpaired) electrons. The summed E-state index contributed by atoms with van der Waals surface area (Å²) in [5.74, 6) is 1.33. The van der Waals surface area contributed by atoms with Crippen molar-refractivity contribution in [3.05, 3.63) is 60.4 Å². The van der Waals surface area contributed by atoms with E-state index in [-0.39, 0.29) is 5.91 Å². The van der Waals surface area contributed by atoms with Crippen LogP contribution in [0.15, 0.2) is 54.9 Å². The monoisotopic (exact) mass is 375 g/mol. The number of rotatable bonds is 4. The van der Waals surface area contributed by atoms with E-state index in [0.717, 1.165) is 34.9 Å². The summed E-state index contributed by atoms with van der Waals surface area (Å²) >= 11 is 0. The zero-order chi connectivity index (χ0) is 19.5. The zero-order valence-electron chi connectivity index (χ0n) is 15.8. The molecule has 0 fully saturated rings. The number of pyridine rings is 2. The quantitative estimate of drug-likeness (QED) is 0.728. The van der Waals surface area contributed by atoms with E-state index < -0.39 is 0 Å². The molecule has 2 N–H and O–H groups in total. The molecule has 7 nitrogen and oxygen atoms in total. The van der Waals surface area contributed by atoms with Gasteiger partial charge in [-0.1, -0.05) is 12.1 Å². The van der Waals surface area contributed by atoms with Crippen molar-refractivity contribution in [1.29, 1.82) is 0 Å². The summed E-state index contributed by atoms with van der Waals surface area (Å²) in [6.07, 6.45) is 3.53. The highest BCUT2D eigenvalue weighted by Gasteiger charge is 2.12. The van der Waals surface area contributed by atoms with Crippen molar-refractivity contribution in [3.8, 4) is 17.0 Å². The maximum absolute atomic E-state index is 12.0. The van der Waals surface area contributed by atoms with E-state index >= 15 is 0 Å². The molecule has 0 bridgehead atoms. The lowest BCUT2D eigenvalue weighted by Gasteiger charge is -2.18. The van der Waals surface area contributed by atoms with Gasteiger partial charge >= 0.3 is 0 Å². The van der Waals surface area contributed by atoms with Crippen LogP contribution in [0, 0.1) is 0 Å². The van der Waals surface area contributed by atoms with Crippen LogP contribution in [0.3, 0.4) is 0 Å². The van der Waals surface area contributed by atoms with Crippen molar-refractivity contribution in [1.82, 2.24) is 14.9 Å². The molecule has 142 valence electrons. The highest BCUT2D eigenvalue weighted by Crippen LogP contribution is 2.28. The second-order valence-electron chi connectivity index (χ2n) is 6.69. The average Bonchev–Trinajstić information content (AvgIpc) is 2.74. The van der Waals surface area contributed by atoms with Crippen molar-refractivity contribution in [2.75, 3.05) is 37.9 Å². The molecule has 1 aliphatic heterocycles. The molecule has 4 rings (SSSR count). The van der Waals surface area contributed by atoms with Crippen LogP contribution in [0.25, 0.3) is 11.1 Å². The van der Waals surface area contributed by atoms with Crippen LogP contribution >= 0.6 is 0 Å². The molecule has 0 spiro atoms. The number of fused-ring (bicyclic) bond motifs is 1. The number of aromatic nitrogens is 2. The van der Waals surface area contributed by atoms with E-state index in [1.165, 1.54) is 0 Å². The average molecular weight is 375 g/mol. The van der Waals surface area contributed by atoms with E-state index in [4.69, 9.17) is 4.74 Å². The molecule has 0 saturated carbocycles. The van der Waals surface area contributed by atoms with Gasteiger partial charge in [-0.3, -0.25) is 4.79 Å². The molecule has 0 unspecified atom stereocenters. The van der Waals surface area contributed by atoms with Crippen molar-refractivity contribution >= 4 is 23.1 Å². The first-order valence-electron chi connectivity index (χ1n) is 9.02. The molecule has 1 aromatic carbocycles. The minimum atomic E-state index is -0.0113. The largest absolute Gasteiger partial charge is 0.474 e. The molecule has 3 heterocycles. The minimum absolute atomic E-state index is 0.0113. The molecular weight excluding hydrogens is 354 g/mol. The van der Waals surface area contributed by atoms with E-state index in [9.17, 15) is 4.79 Å². The van der Waals surface area contributed by atoms with E-state index in [1.807, 2.05) is 42.5 Å². The maximum atomic E-state index is 12.0. The molecule has 0 atom stereocenters. The second kappa shape index (κ2) is 7.56. The molecule has 1 amide bonds. The summed E-state index contributed by atoms with van der Waals surface area (Å²) in [6.45, 7) is 1.39. The fourth-order valence-electron chi connectivity index (χ4n) is 2.95. The number of carbonyl (C=O) groups is 1. The first-order valence-corrected chi connectivity index (χ1v) is 9.02. The smallest absolute Gasteiger partial charge is 0.253 e. The number of benzene rings is 1. The van der Waals surface area contributed by atoms with E-state index in [2.05, 4.69) is 20.6 Å². The van der Waals surface area contributed by atoms with Gasteiger partial charge in [0.2, 0.25) is 5.88 Å². The van der Waals surface area contributed by atoms with Gasteiger partial charge in [-0.25, -0.2) is 9.97 Å². The predicted molar refractivity (Wildman–Crippen MR) is 109 cm³/mol. The van der Waals surface area contributed by atoms with Gasteiger partial charge in [0.15, 0.2) is 0 Å². The lowest BCUT2D eigenvalue weighted by molar-refractivity contribution is 0.0827. The number of nitrogens with one attached hydrogen (secondary N) is 2. The Morgan fingerprint density at radius 2 is 1.86 bits per heavy atom. The number of nitrogens with zero attached hydrogens (tertiary/aromatic N) is 3. The van der Waals surface area contributed by atoms with Crippen molar-refractivity contribution in [2.24, 2.45) is 0 Å².